The van der Waals surface area contributed by atoms with E-state index in [1.807, 2.05) is 6.26 Å². The summed E-state index contributed by atoms with van der Waals surface area (Å²) in [6, 6.07) is 0.483. The van der Waals surface area contributed by atoms with Crippen molar-refractivity contribution in [2.24, 2.45) is 5.73 Å². The zero-order valence-corrected chi connectivity index (χ0v) is 19.7. The van der Waals surface area contributed by atoms with Crippen molar-refractivity contribution in [2.45, 2.75) is 50.0 Å². The van der Waals surface area contributed by atoms with E-state index in [2.05, 4.69) is 16.0 Å². The summed E-state index contributed by atoms with van der Waals surface area (Å²) in [6.45, 7) is 0.413. The van der Waals surface area contributed by atoms with Crippen LogP contribution in [0.1, 0.15) is 18.9 Å². The van der Waals surface area contributed by atoms with Crippen LogP contribution in [0.25, 0.3) is 0 Å². The average molecular weight is 501 g/mol. The number of carbonyl (C=O) groups excluding carboxylic acids is 3. The van der Waals surface area contributed by atoms with Crippen molar-refractivity contribution in [3.8, 4) is 5.75 Å². The molecule has 1 aromatic rings. The minimum absolute atomic E-state index is 0.0188. The maximum absolute atomic E-state index is 12.8. The number of carboxylic acids is 1. The van der Waals surface area contributed by atoms with E-state index >= 15 is 0 Å². The summed E-state index contributed by atoms with van der Waals surface area (Å²) < 4.78 is 0. The van der Waals surface area contributed by atoms with Gasteiger partial charge in [0.2, 0.25) is 17.7 Å². The molecule has 34 heavy (non-hydrogen) atoms. The van der Waals surface area contributed by atoms with E-state index in [0.717, 1.165) is 0 Å². The normalized spacial score (nSPS) is 15.3. The first kappa shape index (κ1) is 29.2. The topological polar surface area (TPSA) is 211 Å². The van der Waals surface area contributed by atoms with Crippen LogP contribution in [0.3, 0.4) is 0 Å². The number of aromatic hydroxyl groups is 1. The van der Waals surface area contributed by atoms with E-state index < -0.39 is 60.6 Å². The molecule has 12 nitrogen and oxygen atoms in total. The number of amides is 3. The van der Waals surface area contributed by atoms with Crippen LogP contribution in [-0.2, 0) is 25.6 Å². The molecule has 0 saturated carbocycles. The quantitative estimate of drug-likeness (QED) is 0.140. The summed E-state index contributed by atoms with van der Waals surface area (Å²) >= 11 is 1.49. The summed E-state index contributed by atoms with van der Waals surface area (Å²) in [7, 11) is 0. The van der Waals surface area contributed by atoms with Crippen LogP contribution in [-0.4, -0.2) is 93.0 Å². The fraction of sp³-hybridized carbons (Fsp3) is 0.524. The van der Waals surface area contributed by atoms with E-state index in [1.54, 1.807) is 0 Å². The van der Waals surface area contributed by atoms with Gasteiger partial charge < -0.3 is 42.1 Å². The third-order valence-electron chi connectivity index (χ3n) is 4.84. The van der Waals surface area contributed by atoms with Crippen LogP contribution in [0.2, 0.25) is 0 Å². The van der Waals surface area contributed by atoms with E-state index in [0.29, 0.717) is 17.7 Å². The molecule has 0 radical (unpaired) electrons. The SMILES string of the molecule is CSCCC(N)C(=O)NC(CO)C(=O)NC(Cc1ccc(O)cc1)C(=O)NC(C(=O)O)C(C)O. The number of thioether (sulfide) groups is 1. The predicted molar refractivity (Wildman–Crippen MR) is 125 cm³/mol. The second-order valence-corrected chi connectivity index (χ2v) is 8.61. The van der Waals surface area contributed by atoms with Crippen molar-refractivity contribution in [1.29, 1.82) is 0 Å². The van der Waals surface area contributed by atoms with Crippen molar-refractivity contribution >= 4 is 35.5 Å². The highest BCUT2D eigenvalue weighted by atomic mass is 32.2. The number of carboxylic acid groups (broad SMARTS) is 1. The van der Waals surface area contributed by atoms with Gasteiger partial charge in [-0.15, -0.1) is 0 Å². The molecule has 0 aliphatic carbocycles. The largest absolute Gasteiger partial charge is 0.508 e. The van der Waals surface area contributed by atoms with E-state index in [-0.39, 0.29) is 12.2 Å². The fourth-order valence-electron chi connectivity index (χ4n) is 2.84. The van der Waals surface area contributed by atoms with Crippen LogP contribution < -0.4 is 21.7 Å². The molecule has 0 bridgehead atoms. The van der Waals surface area contributed by atoms with E-state index in [9.17, 15) is 39.6 Å². The number of phenolic OH excluding ortho intramolecular Hbond substituents is 1. The first-order valence-corrected chi connectivity index (χ1v) is 11.8. The van der Waals surface area contributed by atoms with Crippen molar-refractivity contribution in [3.05, 3.63) is 29.8 Å². The summed E-state index contributed by atoms with van der Waals surface area (Å²) in [4.78, 5) is 49.1. The molecule has 1 aromatic carbocycles. The molecule has 13 heteroatoms. The molecule has 5 unspecified atom stereocenters. The van der Waals surface area contributed by atoms with Crippen LogP contribution in [0.5, 0.6) is 5.75 Å². The average Bonchev–Trinajstić information content (AvgIpc) is 2.79. The summed E-state index contributed by atoms with van der Waals surface area (Å²) in [6.07, 6.45) is 0.678. The number of hydrogen-bond donors (Lipinski definition) is 8. The number of carbonyl (C=O) groups is 4. The van der Waals surface area contributed by atoms with E-state index in [1.165, 1.54) is 43.0 Å². The molecule has 0 aliphatic heterocycles. The smallest absolute Gasteiger partial charge is 0.328 e. The monoisotopic (exact) mass is 500 g/mol. The zero-order valence-electron chi connectivity index (χ0n) is 18.9. The van der Waals surface area contributed by atoms with Gasteiger partial charge in [-0.1, -0.05) is 12.1 Å². The second-order valence-electron chi connectivity index (χ2n) is 7.63. The number of hydrogen-bond acceptors (Lipinski definition) is 9. The number of phenols is 1. The molecule has 190 valence electrons. The van der Waals surface area contributed by atoms with Gasteiger partial charge in [-0.05, 0) is 43.0 Å². The lowest BCUT2D eigenvalue weighted by Gasteiger charge is -2.25. The van der Waals surface area contributed by atoms with Gasteiger partial charge in [0.15, 0.2) is 6.04 Å². The Kier molecular flexibility index (Phi) is 12.4. The zero-order chi connectivity index (χ0) is 25.8. The highest BCUT2D eigenvalue weighted by Gasteiger charge is 2.31. The van der Waals surface area contributed by atoms with Gasteiger partial charge >= 0.3 is 5.97 Å². The van der Waals surface area contributed by atoms with Gasteiger partial charge in [-0.25, -0.2) is 4.79 Å². The van der Waals surface area contributed by atoms with Crippen LogP contribution in [0.15, 0.2) is 24.3 Å². The third kappa shape index (κ3) is 9.55. The van der Waals surface area contributed by atoms with Gasteiger partial charge in [0.05, 0.1) is 18.8 Å². The van der Waals surface area contributed by atoms with Gasteiger partial charge in [0.25, 0.3) is 0 Å². The summed E-state index contributed by atoms with van der Waals surface area (Å²) in [5.41, 5.74) is 6.30. The Morgan fingerprint density at radius 1 is 1.00 bits per heavy atom. The molecule has 3 amide bonds. The Labute approximate surface area is 201 Å². The number of nitrogens with one attached hydrogen (secondary N) is 3. The second kappa shape index (κ2) is 14.4. The number of benzene rings is 1. The van der Waals surface area contributed by atoms with Crippen LogP contribution in [0, 0.1) is 0 Å². The molecule has 0 spiro atoms. The number of rotatable bonds is 14. The fourth-order valence-corrected chi connectivity index (χ4v) is 3.33. The predicted octanol–water partition coefficient (Wildman–Crippen LogP) is -2.07. The van der Waals surface area contributed by atoms with Gasteiger partial charge in [-0.3, -0.25) is 14.4 Å². The third-order valence-corrected chi connectivity index (χ3v) is 5.48. The molecule has 0 fully saturated rings. The van der Waals surface area contributed by atoms with Crippen molar-refractivity contribution < 1.29 is 39.6 Å². The molecule has 0 saturated heterocycles. The molecular weight excluding hydrogens is 468 g/mol. The van der Waals surface area contributed by atoms with Gasteiger partial charge in [0, 0.05) is 6.42 Å². The van der Waals surface area contributed by atoms with E-state index in [4.69, 9.17) is 5.73 Å². The van der Waals surface area contributed by atoms with Crippen LogP contribution in [0.4, 0.5) is 0 Å². The number of nitrogens with two attached hydrogens (primary N) is 1. The van der Waals surface area contributed by atoms with Gasteiger partial charge in [-0.2, -0.15) is 11.8 Å². The number of aliphatic carboxylic acids is 1. The Bertz CT molecular complexity index is 837. The maximum Gasteiger partial charge on any atom is 0.328 e. The first-order valence-electron chi connectivity index (χ1n) is 10.4. The highest BCUT2D eigenvalue weighted by Crippen LogP contribution is 2.12. The lowest BCUT2D eigenvalue weighted by atomic mass is 10.0. The van der Waals surface area contributed by atoms with Gasteiger partial charge in [0.1, 0.15) is 17.8 Å². The highest BCUT2D eigenvalue weighted by molar-refractivity contribution is 7.98. The van der Waals surface area contributed by atoms with Crippen molar-refractivity contribution in [3.63, 3.8) is 0 Å². The molecular formula is C21H32N4O8S. The molecule has 0 heterocycles. The maximum atomic E-state index is 12.8. The molecule has 5 atom stereocenters. The van der Waals surface area contributed by atoms with Crippen LogP contribution >= 0.6 is 11.8 Å². The Morgan fingerprint density at radius 3 is 2.06 bits per heavy atom. The number of aliphatic hydroxyl groups excluding tert-OH is 2. The standard InChI is InChI=1S/C21H32N4O8S/c1-11(27)17(21(32)33)25-19(30)15(9-12-3-5-13(28)6-4-12)23-20(31)16(10-26)24-18(29)14(22)7-8-34-2/h3-6,11,14-17,26-28H,7-10,22H2,1-2H3,(H,23,31)(H,24,29)(H,25,30)(H,32,33). The minimum atomic E-state index is -1.63. The lowest BCUT2D eigenvalue weighted by molar-refractivity contribution is -0.145. The first-order chi connectivity index (χ1) is 16.0. The molecule has 1 rings (SSSR count). The molecule has 9 N–H and O–H groups in total. The molecule has 0 aliphatic rings. The summed E-state index contributed by atoms with van der Waals surface area (Å²) in [5, 5.41) is 44.8. The lowest BCUT2D eigenvalue weighted by Crippen LogP contribution is -2.59. The Morgan fingerprint density at radius 2 is 1.56 bits per heavy atom. The van der Waals surface area contributed by atoms with Crippen molar-refractivity contribution in [1.82, 2.24) is 16.0 Å². The molecule has 0 aromatic heterocycles. The minimum Gasteiger partial charge on any atom is -0.508 e. The number of aliphatic hydroxyl groups is 2. The Hall–Kier alpha value is -2.87. The summed E-state index contributed by atoms with van der Waals surface area (Å²) in [5.74, 6) is -3.33. The van der Waals surface area contributed by atoms with Crippen molar-refractivity contribution in [2.75, 3.05) is 18.6 Å². The Balaban J connectivity index is 3.02.